The molecule has 0 aromatic heterocycles. The van der Waals surface area contributed by atoms with E-state index in [0.29, 0.717) is 12.6 Å². The van der Waals surface area contributed by atoms with Crippen molar-refractivity contribution in [2.45, 2.75) is 37.8 Å². The summed E-state index contributed by atoms with van der Waals surface area (Å²) in [6, 6.07) is 9.87. The highest BCUT2D eigenvalue weighted by Crippen LogP contribution is 2.30. The summed E-state index contributed by atoms with van der Waals surface area (Å²) in [5.74, 6) is -0.793. The first kappa shape index (κ1) is 15.0. The molecule has 1 aliphatic carbocycles. The predicted octanol–water partition coefficient (Wildman–Crippen LogP) is 2.06. The average Bonchev–Trinajstić information content (AvgIpc) is 3.23. The molecule has 0 heterocycles. The average molecular weight is 276 g/mol. The highest BCUT2D eigenvalue weighted by Gasteiger charge is 2.44. The van der Waals surface area contributed by atoms with Gasteiger partial charge in [-0.2, -0.15) is 0 Å². The zero-order valence-corrected chi connectivity index (χ0v) is 12.3. The lowest BCUT2D eigenvalue weighted by Gasteiger charge is -2.35. The zero-order chi connectivity index (χ0) is 14.6. The van der Waals surface area contributed by atoms with E-state index in [1.165, 1.54) is 0 Å². The smallest absolute Gasteiger partial charge is 0.329 e. The van der Waals surface area contributed by atoms with E-state index in [2.05, 4.69) is 17.1 Å². The van der Waals surface area contributed by atoms with Gasteiger partial charge in [-0.3, -0.25) is 5.32 Å². The first-order valence-electron chi connectivity index (χ1n) is 7.33. The number of hydrogen-bond donors (Lipinski definition) is 2. The summed E-state index contributed by atoms with van der Waals surface area (Å²) >= 11 is 0. The van der Waals surface area contributed by atoms with Gasteiger partial charge in [0.05, 0.1) is 0 Å². The lowest BCUT2D eigenvalue weighted by Crippen LogP contribution is -2.56. The van der Waals surface area contributed by atoms with Crippen molar-refractivity contribution in [2.24, 2.45) is 0 Å². The first-order valence-corrected chi connectivity index (χ1v) is 7.33. The van der Waals surface area contributed by atoms with Crippen LogP contribution in [0.1, 0.15) is 31.7 Å². The largest absolute Gasteiger partial charge is 0.480 e. The number of likely N-dealkylation sites (N-methyl/N-ethyl adjacent to an activating group) is 1. The van der Waals surface area contributed by atoms with Gasteiger partial charge in [-0.15, -0.1) is 0 Å². The minimum atomic E-state index is -1.01. The van der Waals surface area contributed by atoms with E-state index >= 15 is 0 Å². The molecular formula is C16H24N2O2. The van der Waals surface area contributed by atoms with E-state index in [0.717, 1.165) is 31.4 Å². The zero-order valence-electron chi connectivity index (χ0n) is 12.3. The fourth-order valence-corrected chi connectivity index (χ4v) is 2.64. The van der Waals surface area contributed by atoms with E-state index in [1.54, 1.807) is 0 Å². The van der Waals surface area contributed by atoms with Crippen LogP contribution in [0.2, 0.25) is 0 Å². The van der Waals surface area contributed by atoms with Gasteiger partial charge in [-0.1, -0.05) is 37.3 Å². The fraction of sp³-hybridized carbons (Fsp3) is 0.562. The summed E-state index contributed by atoms with van der Waals surface area (Å²) in [6.45, 7) is 3.49. The Kier molecular flexibility index (Phi) is 4.78. The molecule has 1 aliphatic rings. The molecule has 1 saturated carbocycles. The molecule has 1 atom stereocenters. The fourth-order valence-electron chi connectivity index (χ4n) is 2.64. The number of nitrogens with one attached hydrogen (secondary N) is 1. The molecule has 110 valence electrons. The molecule has 4 nitrogen and oxygen atoms in total. The van der Waals surface area contributed by atoms with Crippen molar-refractivity contribution >= 4 is 5.97 Å². The van der Waals surface area contributed by atoms with Crippen LogP contribution in [0.3, 0.4) is 0 Å². The van der Waals surface area contributed by atoms with Gasteiger partial charge in [0.1, 0.15) is 0 Å². The van der Waals surface area contributed by atoms with E-state index in [9.17, 15) is 9.90 Å². The summed E-state index contributed by atoms with van der Waals surface area (Å²) < 4.78 is 0. The van der Waals surface area contributed by atoms with Crippen molar-refractivity contribution in [2.75, 3.05) is 20.1 Å². The van der Waals surface area contributed by atoms with E-state index in [-0.39, 0.29) is 0 Å². The normalized spacial score (nSPS) is 17.9. The Hall–Kier alpha value is -1.39. The van der Waals surface area contributed by atoms with Crippen molar-refractivity contribution in [3.05, 3.63) is 35.9 Å². The molecule has 1 fully saturated rings. The molecule has 4 heteroatoms. The van der Waals surface area contributed by atoms with Gasteiger partial charge in [-0.05, 0) is 38.4 Å². The van der Waals surface area contributed by atoms with Crippen LogP contribution in [0, 0.1) is 0 Å². The molecule has 20 heavy (non-hydrogen) atoms. The Bertz CT molecular complexity index is 445. The highest BCUT2D eigenvalue weighted by atomic mass is 16.4. The van der Waals surface area contributed by atoms with Crippen LogP contribution in [-0.4, -0.2) is 42.2 Å². The van der Waals surface area contributed by atoms with Crippen LogP contribution >= 0.6 is 0 Å². The molecule has 2 rings (SSSR count). The Morgan fingerprint density at radius 3 is 2.55 bits per heavy atom. The van der Waals surface area contributed by atoms with Gasteiger partial charge in [0.25, 0.3) is 0 Å². The lowest BCUT2D eigenvalue weighted by molar-refractivity contribution is -0.146. The van der Waals surface area contributed by atoms with Crippen LogP contribution in [-0.2, 0) is 10.3 Å². The molecular weight excluding hydrogens is 252 g/mol. The molecule has 1 aromatic rings. The maximum atomic E-state index is 12.0. The van der Waals surface area contributed by atoms with Crippen molar-refractivity contribution in [1.29, 1.82) is 0 Å². The SMILES string of the molecule is CCCN(C)CC(NC1CC1)(C(=O)O)c1ccccc1. The Labute approximate surface area is 120 Å². The Morgan fingerprint density at radius 1 is 1.40 bits per heavy atom. The van der Waals surface area contributed by atoms with E-state index in [4.69, 9.17) is 0 Å². The van der Waals surface area contributed by atoms with Crippen LogP contribution in [0.25, 0.3) is 0 Å². The number of rotatable bonds is 8. The van der Waals surface area contributed by atoms with Gasteiger partial charge >= 0.3 is 5.97 Å². The van der Waals surface area contributed by atoms with E-state index in [1.807, 2.05) is 37.4 Å². The summed E-state index contributed by atoms with van der Waals surface area (Å²) in [6.07, 6.45) is 3.16. The summed E-state index contributed by atoms with van der Waals surface area (Å²) in [7, 11) is 1.98. The molecule has 0 aliphatic heterocycles. The number of nitrogens with zero attached hydrogens (tertiary/aromatic N) is 1. The maximum absolute atomic E-state index is 12.0. The molecule has 0 radical (unpaired) electrons. The van der Waals surface area contributed by atoms with Gasteiger partial charge in [0.15, 0.2) is 5.54 Å². The molecule has 0 bridgehead atoms. The van der Waals surface area contributed by atoms with Gasteiger partial charge in [0, 0.05) is 12.6 Å². The van der Waals surface area contributed by atoms with Crippen molar-refractivity contribution in [1.82, 2.24) is 10.2 Å². The number of carboxylic acid groups (broad SMARTS) is 1. The molecule has 0 spiro atoms. The summed E-state index contributed by atoms with van der Waals surface area (Å²) in [4.78, 5) is 14.1. The van der Waals surface area contributed by atoms with Gasteiger partial charge in [0.2, 0.25) is 0 Å². The second kappa shape index (κ2) is 6.37. The topological polar surface area (TPSA) is 52.6 Å². The van der Waals surface area contributed by atoms with Crippen LogP contribution in [0.15, 0.2) is 30.3 Å². The minimum absolute atomic E-state index is 0.335. The molecule has 1 aromatic carbocycles. The number of aliphatic carboxylic acids is 1. The van der Waals surface area contributed by atoms with Gasteiger partial charge in [-0.25, -0.2) is 4.79 Å². The van der Waals surface area contributed by atoms with Crippen molar-refractivity contribution in [3.8, 4) is 0 Å². The lowest BCUT2D eigenvalue weighted by atomic mass is 9.88. The van der Waals surface area contributed by atoms with Gasteiger partial charge < -0.3 is 10.0 Å². The monoisotopic (exact) mass is 276 g/mol. The maximum Gasteiger partial charge on any atom is 0.329 e. The standard InChI is InChI=1S/C16H24N2O2/c1-3-11-18(2)12-16(15(19)20,17-14-9-10-14)13-7-5-4-6-8-13/h4-8,14,17H,3,9-12H2,1-2H3,(H,19,20). The third kappa shape index (κ3) is 3.38. The van der Waals surface area contributed by atoms with Crippen LogP contribution in [0.4, 0.5) is 0 Å². The Morgan fingerprint density at radius 2 is 2.05 bits per heavy atom. The van der Waals surface area contributed by atoms with E-state index < -0.39 is 11.5 Å². The minimum Gasteiger partial charge on any atom is -0.480 e. The molecule has 0 saturated heterocycles. The molecule has 1 unspecified atom stereocenters. The predicted molar refractivity (Wildman–Crippen MR) is 79.7 cm³/mol. The van der Waals surface area contributed by atoms with Crippen molar-refractivity contribution < 1.29 is 9.90 Å². The first-order chi connectivity index (χ1) is 9.58. The number of carboxylic acids is 1. The molecule has 0 amide bonds. The number of hydrogen-bond acceptors (Lipinski definition) is 3. The van der Waals surface area contributed by atoms with Crippen molar-refractivity contribution in [3.63, 3.8) is 0 Å². The summed E-state index contributed by atoms with van der Waals surface area (Å²) in [5.41, 5.74) is -0.172. The van der Waals surface area contributed by atoms with Crippen LogP contribution in [0.5, 0.6) is 0 Å². The second-order valence-electron chi connectivity index (χ2n) is 5.73. The Balaban J connectivity index is 2.31. The number of carbonyl (C=O) groups is 1. The quantitative estimate of drug-likeness (QED) is 0.763. The second-order valence-corrected chi connectivity index (χ2v) is 5.73. The molecule has 2 N–H and O–H groups in total. The summed E-state index contributed by atoms with van der Waals surface area (Å²) in [5, 5.41) is 13.3. The number of benzene rings is 1. The third-order valence-corrected chi connectivity index (χ3v) is 3.77. The van der Waals surface area contributed by atoms with Crippen LogP contribution < -0.4 is 5.32 Å². The highest BCUT2D eigenvalue weighted by molar-refractivity contribution is 5.81. The third-order valence-electron chi connectivity index (χ3n) is 3.77.